The summed E-state index contributed by atoms with van der Waals surface area (Å²) in [7, 11) is 0. The predicted molar refractivity (Wildman–Crippen MR) is 80.4 cm³/mol. The van der Waals surface area contributed by atoms with E-state index < -0.39 is 0 Å². The fourth-order valence-electron chi connectivity index (χ4n) is 2.98. The third kappa shape index (κ3) is 2.46. The van der Waals surface area contributed by atoms with Crippen LogP contribution in [0.3, 0.4) is 0 Å². The summed E-state index contributed by atoms with van der Waals surface area (Å²) in [6.45, 7) is 3.21. The van der Waals surface area contributed by atoms with Crippen LogP contribution in [0.5, 0.6) is 0 Å². The van der Waals surface area contributed by atoms with E-state index in [2.05, 4.69) is 52.5 Å². The Balaban J connectivity index is 1.94. The SMILES string of the molecule is CCCNC(c1cnccn1)C1(c2ccccc2)CC1. The second kappa shape index (κ2) is 5.71. The highest BCUT2D eigenvalue weighted by molar-refractivity contribution is 5.36. The zero-order chi connectivity index (χ0) is 13.8. The fraction of sp³-hybridized carbons (Fsp3) is 0.412. The van der Waals surface area contributed by atoms with Gasteiger partial charge in [0.2, 0.25) is 0 Å². The first kappa shape index (κ1) is 13.3. The van der Waals surface area contributed by atoms with Gasteiger partial charge in [0.05, 0.1) is 11.7 Å². The molecule has 1 aromatic heterocycles. The lowest BCUT2D eigenvalue weighted by atomic mass is 9.86. The van der Waals surface area contributed by atoms with Gasteiger partial charge in [-0.05, 0) is 31.4 Å². The van der Waals surface area contributed by atoms with Crippen molar-refractivity contribution < 1.29 is 0 Å². The van der Waals surface area contributed by atoms with Gasteiger partial charge in [0.1, 0.15) is 0 Å². The number of nitrogens with zero attached hydrogens (tertiary/aromatic N) is 2. The molecule has 1 fully saturated rings. The first-order chi connectivity index (χ1) is 9.87. The molecule has 0 radical (unpaired) electrons. The summed E-state index contributed by atoms with van der Waals surface area (Å²) in [5.74, 6) is 0. The summed E-state index contributed by atoms with van der Waals surface area (Å²) in [5.41, 5.74) is 2.67. The molecule has 3 rings (SSSR count). The molecule has 1 heterocycles. The van der Waals surface area contributed by atoms with E-state index in [1.165, 1.54) is 18.4 Å². The van der Waals surface area contributed by atoms with Gasteiger partial charge in [0.25, 0.3) is 0 Å². The zero-order valence-corrected chi connectivity index (χ0v) is 11.9. The van der Waals surface area contributed by atoms with E-state index >= 15 is 0 Å². The summed E-state index contributed by atoms with van der Waals surface area (Å²) < 4.78 is 0. The molecular weight excluding hydrogens is 246 g/mol. The Morgan fingerprint density at radius 1 is 1.20 bits per heavy atom. The van der Waals surface area contributed by atoms with Crippen LogP contribution in [0.1, 0.15) is 43.5 Å². The quantitative estimate of drug-likeness (QED) is 0.873. The Morgan fingerprint density at radius 2 is 2.00 bits per heavy atom. The highest BCUT2D eigenvalue weighted by Crippen LogP contribution is 2.56. The van der Waals surface area contributed by atoms with E-state index in [0.29, 0.717) is 0 Å². The molecule has 20 heavy (non-hydrogen) atoms. The van der Waals surface area contributed by atoms with Crippen LogP contribution in [0.15, 0.2) is 48.9 Å². The van der Waals surface area contributed by atoms with Crippen LogP contribution in [0.2, 0.25) is 0 Å². The maximum atomic E-state index is 4.54. The van der Waals surface area contributed by atoms with Gasteiger partial charge in [0.15, 0.2) is 0 Å². The fourth-order valence-corrected chi connectivity index (χ4v) is 2.98. The zero-order valence-electron chi connectivity index (χ0n) is 11.9. The van der Waals surface area contributed by atoms with Gasteiger partial charge in [-0.3, -0.25) is 9.97 Å². The van der Waals surface area contributed by atoms with Crippen LogP contribution in [0, 0.1) is 0 Å². The minimum atomic E-state index is 0.201. The standard InChI is InChI=1S/C17H21N3/c1-2-10-20-16(15-13-18-11-12-19-15)17(8-9-17)14-6-4-3-5-7-14/h3-7,11-13,16,20H,2,8-10H2,1H3. The van der Waals surface area contributed by atoms with Gasteiger partial charge < -0.3 is 5.32 Å². The normalized spacial score (nSPS) is 17.6. The average Bonchev–Trinajstić information content (AvgIpc) is 3.31. The smallest absolute Gasteiger partial charge is 0.0765 e. The Morgan fingerprint density at radius 3 is 2.60 bits per heavy atom. The highest BCUT2D eigenvalue weighted by atomic mass is 15.0. The minimum absolute atomic E-state index is 0.201. The highest BCUT2D eigenvalue weighted by Gasteiger charge is 2.51. The van der Waals surface area contributed by atoms with Gasteiger partial charge in [-0.1, -0.05) is 37.3 Å². The summed E-state index contributed by atoms with van der Waals surface area (Å²) >= 11 is 0. The molecule has 2 aromatic rings. The number of hydrogen-bond donors (Lipinski definition) is 1. The topological polar surface area (TPSA) is 37.8 Å². The van der Waals surface area contributed by atoms with Crippen molar-refractivity contribution in [3.8, 4) is 0 Å². The molecule has 1 aliphatic carbocycles. The van der Waals surface area contributed by atoms with E-state index in [1.54, 1.807) is 12.4 Å². The number of hydrogen-bond acceptors (Lipinski definition) is 3. The maximum absolute atomic E-state index is 4.54. The van der Waals surface area contributed by atoms with Crippen LogP contribution < -0.4 is 5.32 Å². The van der Waals surface area contributed by atoms with Gasteiger partial charge >= 0.3 is 0 Å². The molecule has 1 saturated carbocycles. The van der Waals surface area contributed by atoms with Crippen molar-refractivity contribution in [2.24, 2.45) is 0 Å². The van der Waals surface area contributed by atoms with Crippen molar-refractivity contribution in [2.75, 3.05) is 6.54 Å². The number of rotatable bonds is 6. The predicted octanol–water partition coefficient (Wildman–Crippen LogP) is 3.25. The molecule has 3 nitrogen and oxygen atoms in total. The molecule has 0 amide bonds. The molecule has 0 saturated heterocycles. The van der Waals surface area contributed by atoms with Gasteiger partial charge in [-0.2, -0.15) is 0 Å². The molecule has 1 N–H and O–H groups in total. The second-order valence-corrected chi connectivity index (χ2v) is 5.54. The third-order valence-electron chi connectivity index (χ3n) is 4.17. The molecule has 0 aliphatic heterocycles. The molecular formula is C17H21N3. The number of aromatic nitrogens is 2. The lowest BCUT2D eigenvalue weighted by Gasteiger charge is -2.28. The summed E-state index contributed by atoms with van der Waals surface area (Å²) in [5, 5.41) is 3.68. The average molecular weight is 267 g/mol. The van der Waals surface area contributed by atoms with Crippen LogP contribution in [-0.2, 0) is 5.41 Å². The largest absolute Gasteiger partial charge is 0.308 e. The molecule has 1 aliphatic rings. The summed E-state index contributed by atoms with van der Waals surface area (Å²) in [4.78, 5) is 8.78. The van der Waals surface area contributed by atoms with Crippen LogP contribution in [0.25, 0.3) is 0 Å². The van der Waals surface area contributed by atoms with E-state index in [9.17, 15) is 0 Å². The van der Waals surface area contributed by atoms with Crippen molar-refractivity contribution in [1.29, 1.82) is 0 Å². The van der Waals surface area contributed by atoms with Gasteiger partial charge in [-0.25, -0.2) is 0 Å². The first-order valence-corrected chi connectivity index (χ1v) is 7.41. The summed E-state index contributed by atoms with van der Waals surface area (Å²) in [6.07, 6.45) is 8.99. The molecule has 1 atom stereocenters. The van der Waals surface area contributed by atoms with Crippen LogP contribution >= 0.6 is 0 Å². The molecule has 104 valence electrons. The molecule has 1 unspecified atom stereocenters. The first-order valence-electron chi connectivity index (χ1n) is 7.41. The lowest BCUT2D eigenvalue weighted by Crippen LogP contribution is -2.33. The number of nitrogens with one attached hydrogen (secondary N) is 1. The van der Waals surface area contributed by atoms with Crippen LogP contribution in [0.4, 0.5) is 0 Å². The number of benzene rings is 1. The van der Waals surface area contributed by atoms with E-state index in [0.717, 1.165) is 18.7 Å². The van der Waals surface area contributed by atoms with Crippen molar-refractivity contribution in [3.05, 3.63) is 60.2 Å². The minimum Gasteiger partial charge on any atom is -0.308 e. The summed E-state index contributed by atoms with van der Waals surface area (Å²) in [6, 6.07) is 11.1. The van der Waals surface area contributed by atoms with Crippen LogP contribution in [-0.4, -0.2) is 16.5 Å². The van der Waals surface area contributed by atoms with Crippen molar-refractivity contribution >= 4 is 0 Å². The third-order valence-corrected chi connectivity index (χ3v) is 4.17. The Kier molecular flexibility index (Phi) is 3.79. The second-order valence-electron chi connectivity index (χ2n) is 5.54. The van der Waals surface area contributed by atoms with E-state index in [4.69, 9.17) is 0 Å². The molecule has 1 aromatic carbocycles. The van der Waals surface area contributed by atoms with Gasteiger partial charge in [0, 0.05) is 24.0 Å². The monoisotopic (exact) mass is 267 g/mol. The lowest BCUT2D eigenvalue weighted by molar-refractivity contribution is 0.419. The molecule has 0 bridgehead atoms. The van der Waals surface area contributed by atoms with Crippen molar-refractivity contribution in [1.82, 2.24) is 15.3 Å². The Bertz CT molecular complexity index is 535. The van der Waals surface area contributed by atoms with Crippen molar-refractivity contribution in [2.45, 2.75) is 37.6 Å². The van der Waals surface area contributed by atoms with Gasteiger partial charge in [-0.15, -0.1) is 0 Å². The van der Waals surface area contributed by atoms with E-state index in [-0.39, 0.29) is 11.5 Å². The molecule has 3 heteroatoms. The Labute approximate surface area is 120 Å². The maximum Gasteiger partial charge on any atom is 0.0765 e. The van der Waals surface area contributed by atoms with E-state index in [1.807, 2.05) is 6.20 Å². The Hall–Kier alpha value is -1.74. The molecule has 0 spiro atoms. The van der Waals surface area contributed by atoms with Crippen molar-refractivity contribution in [3.63, 3.8) is 0 Å².